The van der Waals surface area contributed by atoms with Gasteiger partial charge < -0.3 is 4.90 Å². The molecule has 0 saturated heterocycles. The lowest BCUT2D eigenvalue weighted by atomic mass is 9.59. The summed E-state index contributed by atoms with van der Waals surface area (Å²) >= 11 is 0. The smallest absolute Gasteiger partial charge is 0.213 e. The fourth-order valence-corrected chi connectivity index (χ4v) is 6.64. The van der Waals surface area contributed by atoms with Crippen molar-refractivity contribution in [3.8, 4) is 11.3 Å². The number of hydrogen-bond acceptors (Lipinski definition) is 1. The van der Waals surface area contributed by atoms with E-state index in [1.165, 1.54) is 45.0 Å². The van der Waals surface area contributed by atoms with Gasteiger partial charge in [-0.1, -0.05) is 62.2 Å². The van der Waals surface area contributed by atoms with Crippen molar-refractivity contribution in [1.82, 2.24) is 0 Å². The monoisotopic (exact) mass is 475 g/mol. The van der Waals surface area contributed by atoms with Crippen LogP contribution in [0.1, 0.15) is 63.6 Å². The molecule has 1 aromatic heterocycles. The molecule has 0 saturated carbocycles. The summed E-state index contributed by atoms with van der Waals surface area (Å²) in [6.07, 6.45) is 5.62. The van der Waals surface area contributed by atoms with Crippen molar-refractivity contribution in [3.63, 3.8) is 0 Å². The average Bonchev–Trinajstić information content (AvgIpc) is 2.91. The van der Waals surface area contributed by atoms with E-state index in [9.17, 15) is 0 Å². The molecule has 4 aromatic rings. The Morgan fingerprint density at radius 3 is 1.75 bits per heavy atom. The molecule has 1 aliphatic heterocycles. The maximum Gasteiger partial charge on any atom is 0.213 e. The first kappa shape index (κ1) is 24.3. The van der Waals surface area contributed by atoms with Crippen LogP contribution in [-0.2, 0) is 11.0 Å². The molecule has 0 aliphatic carbocycles. The van der Waals surface area contributed by atoms with Gasteiger partial charge in [0.05, 0.1) is 11.0 Å². The Hall–Kier alpha value is -3.39. The van der Waals surface area contributed by atoms with E-state index in [1.54, 1.807) is 0 Å². The molecule has 1 atom stereocenters. The summed E-state index contributed by atoms with van der Waals surface area (Å²) in [5.74, 6) is 0. The zero-order valence-electron chi connectivity index (χ0n) is 22.7. The third kappa shape index (κ3) is 3.58. The molecule has 5 rings (SSSR count). The van der Waals surface area contributed by atoms with E-state index in [-0.39, 0.29) is 11.0 Å². The second kappa shape index (κ2) is 9.24. The van der Waals surface area contributed by atoms with Crippen LogP contribution in [0.2, 0.25) is 0 Å². The SMILES string of the molecule is CCC1(C)c2ccc(N(c3ccc(C)cc3)c3ccc(C)cc3)cc2-c2cccc[n+]2C1(CC)CC. The van der Waals surface area contributed by atoms with E-state index in [1.807, 2.05) is 0 Å². The van der Waals surface area contributed by atoms with E-state index in [0.717, 1.165) is 19.3 Å². The minimum Gasteiger partial charge on any atom is -0.310 e. The Balaban J connectivity index is 1.76. The highest BCUT2D eigenvalue weighted by Crippen LogP contribution is 2.52. The predicted octanol–water partition coefficient (Wildman–Crippen LogP) is 8.92. The van der Waals surface area contributed by atoms with E-state index >= 15 is 0 Å². The maximum atomic E-state index is 2.59. The summed E-state index contributed by atoms with van der Waals surface area (Å²) in [4.78, 5) is 2.39. The molecule has 3 aromatic carbocycles. The highest BCUT2D eigenvalue weighted by atomic mass is 15.1. The van der Waals surface area contributed by atoms with Crippen LogP contribution in [-0.4, -0.2) is 0 Å². The van der Waals surface area contributed by atoms with E-state index < -0.39 is 0 Å². The molecule has 0 spiro atoms. The molecule has 184 valence electrons. The molecule has 0 amide bonds. The number of aryl methyl sites for hydroxylation is 2. The zero-order valence-corrected chi connectivity index (χ0v) is 22.7. The second-order valence-corrected chi connectivity index (χ2v) is 10.6. The molecule has 2 nitrogen and oxygen atoms in total. The summed E-state index contributed by atoms with van der Waals surface area (Å²) in [6, 6.07) is 31.6. The normalized spacial score (nSPS) is 17.8. The van der Waals surface area contributed by atoms with Crippen molar-refractivity contribution < 1.29 is 4.57 Å². The van der Waals surface area contributed by atoms with Crippen LogP contribution in [0.4, 0.5) is 17.1 Å². The lowest BCUT2D eigenvalue weighted by Gasteiger charge is -2.47. The van der Waals surface area contributed by atoms with Gasteiger partial charge in [0, 0.05) is 42.0 Å². The Labute approximate surface area is 217 Å². The fourth-order valence-electron chi connectivity index (χ4n) is 6.64. The lowest BCUT2D eigenvalue weighted by molar-refractivity contribution is -0.769. The summed E-state index contributed by atoms with van der Waals surface area (Å²) in [6.45, 7) is 13.9. The van der Waals surface area contributed by atoms with Gasteiger partial charge in [-0.15, -0.1) is 0 Å². The molecule has 0 N–H and O–H groups in total. The van der Waals surface area contributed by atoms with Crippen molar-refractivity contribution in [2.75, 3.05) is 4.90 Å². The molecule has 2 heterocycles. The third-order valence-corrected chi connectivity index (χ3v) is 8.94. The molecule has 0 bridgehead atoms. The Morgan fingerprint density at radius 2 is 1.22 bits per heavy atom. The van der Waals surface area contributed by atoms with E-state index in [4.69, 9.17) is 0 Å². The third-order valence-electron chi connectivity index (χ3n) is 8.94. The molecule has 36 heavy (non-hydrogen) atoms. The number of pyridine rings is 1. The second-order valence-electron chi connectivity index (χ2n) is 10.6. The van der Waals surface area contributed by atoms with Crippen LogP contribution in [0, 0.1) is 13.8 Å². The Morgan fingerprint density at radius 1 is 0.667 bits per heavy atom. The number of benzene rings is 3. The van der Waals surface area contributed by atoms with E-state index in [2.05, 4.69) is 142 Å². The van der Waals surface area contributed by atoms with Gasteiger partial charge in [0.1, 0.15) is 0 Å². The summed E-state index contributed by atoms with van der Waals surface area (Å²) in [5, 5.41) is 0. The summed E-state index contributed by atoms with van der Waals surface area (Å²) in [7, 11) is 0. The number of nitrogens with zero attached hydrogens (tertiary/aromatic N) is 2. The minimum atomic E-state index is 0.0436. The van der Waals surface area contributed by atoms with Gasteiger partial charge in [0.15, 0.2) is 11.7 Å². The first-order valence-electron chi connectivity index (χ1n) is 13.5. The van der Waals surface area contributed by atoms with Gasteiger partial charge in [-0.3, -0.25) is 0 Å². The molecule has 1 unspecified atom stereocenters. The molecule has 0 fully saturated rings. The number of fused-ring (bicyclic) bond motifs is 3. The minimum absolute atomic E-state index is 0.0436. The van der Waals surface area contributed by atoms with E-state index in [0.29, 0.717) is 0 Å². The van der Waals surface area contributed by atoms with Gasteiger partial charge in [0.25, 0.3) is 0 Å². The summed E-state index contributed by atoms with van der Waals surface area (Å²) in [5.41, 5.74) is 10.3. The molecule has 1 aliphatic rings. The highest BCUT2D eigenvalue weighted by Gasteiger charge is 2.58. The highest BCUT2D eigenvalue weighted by molar-refractivity contribution is 5.81. The molecule has 2 heteroatoms. The Kier molecular flexibility index (Phi) is 6.24. The maximum absolute atomic E-state index is 2.59. The van der Waals surface area contributed by atoms with Crippen molar-refractivity contribution in [1.29, 1.82) is 0 Å². The summed E-state index contributed by atoms with van der Waals surface area (Å²) < 4.78 is 2.59. The van der Waals surface area contributed by atoms with Crippen LogP contribution in [0.3, 0.4) is 0 Å². The standard InChI is InChI=1S/C34H39N2/c1-7-33(6)31-22-21-29(24-30(31)32-12-10-11-23-35(32)34(33,8-2)9-3)36(27-17-13-25(4)14-18-27)28-19-15-26(5)16-20-28/h10-24H,7-9H2,1-6H3/q+1. The number of rotatable bonds is 6. The lowest BCUT2D eigenvalue weighted by Crippen LogP contribution is -2.68. The number of anilines is 3. The van der Waals surface area contributed by atoms with Gasteiger partial charge in [0.2, 0.25) is 5.69 Å². The largest absolute Gasteiger partial charge is 0.310 e. The number of aromatic nitrogens is 1. The Bertz CT molecular complexity index is 1320. The van der Waals surface area contributed by atoms with Crippen molar-refractivity contribution in [3.05, 3.63) is 108 Å². The average molecular weight is 476 g/mol. The molecular formula is C34H39N2+. The van der Waals surface area contributed by atoms with Crippen molar-refractivity contribution in [2.24, 2.45) is 0 Å². The van der Waals surface area contributed by atoms with Crippen LogP contribution >= 0.6 is 0 Å². The fraction of sp³-hybridized carbons (Fsp3) is 0.324. The number of hydrogen-bond donors (Lipinski definition) is 0. The van der Waals surface area contributed by atoms with Gasteiger partial charge in [-0.25, -0.2) is 0 Å². The van der Waals surface area contributed by atoms with Crippen LogP contribution in [0.25, 0.3) is 11.3 Å². The quantitative estimate of drug-likeness (QED) is 0.252. The van der Waals surface area contributed by atoms with Crippen molar-refractivity contribution >= 4 is 17.1 Å². The first-order valence-corrected chi connectivity index (χ1v) is 13.5. The molecular weight excluding hydrogens is 436 g/mol. The van der Waals surface area contributed by atoms with Crippen LogP contribution < -0.4 is 9.47 Å². The van der Waals surface area contributed by atoms with Crippen LogP contribution in [0.15, 0.2) is 91.1 Å². The topological polar surface area (TPSA) is 7.12 Å². The first-order chi connectivity index (χ1) is 17.4. The van der Waals surface area contributed by atoms with Crippen molar-refractivity contribution in [2.45, 2.75) is 71.8 Å². The molecule has 0 radical (unpaired) electrons. The van der Waals surface area contributed by atoms with Gasteiger partial charge in [-0.2, -0.15) is 4.57 Å². The predicted molar refractivity (Wildman–Crippen MR) is 152 cm³/mol. The zero-order chi connectivity index (χ0) is 25.5. The van der Waals surface area contributed by atoms with Gasteiger partial charge in [-0.05, 0) is 75.2 Å². The van der Waals surface area contributed by atoms with Gasteiger partial charge >= 0.3 is 0 Å². The van der Waals surface area contributed by atoms with Crippen LogP contribution in [0.5, 0.6) is 0 Å².